The van der Waals surface area contributed by atoms with E-state index < -0.39 is 12.1 Å². The van der Waals surface area contributed by atoms with Gasteiger partial charge in [-0.05, 0) is 64.8 Å². The Morgan fingerprint density at radius 3 is 2.63 bits per heavy atom. The molecule has 5 aromatic rings. The number of halogens is 1. The highest BCUT2D eigenvalue weighted by atomic mass is 79.9. The second-order valence-electron chi connectivity index (χ2n) is 8.28. The zero-order valence-electron chi connectivity index (χ0n) is 20.7. The normalized spacial score (nSPS) is 12.2. The van der Waals surface area contributed by atoms with Crippen molar-refractivity contribution in [2.24, 2.45) is 5.10 Å². The van der Waals surface area contributed by atoms with Crippen molar-refractivity contribution in [3.63, 3.8) is 0 Å². The molecule has 2 heterocycles. The lowest BCUT2D eigenvalue weighted by molar-refractivity contribution is -0.147. The quantitative estimate of drug-likeness (QED) is 0.189. The standard InChI is InChI=1S/C28H22BrN3O6/c1-16(28(34)36-3)37-25-20(29)12-17(13-23(25)35-2)15-30-32-26(24-14-18-8-4-7-11-22(18)38-24)31-21-10-6-5-9-19(21)27(32)33/h4-16H,1-3H3/t16-/m1/s1. The van der Waals surface area contributed by atoms with Crippen molar-refractivity contribution in [3.8, 4) is 23.1 Å². The number of para-hydroxylation sites is 2. The molecule has 0 aliphatic carbocycles. The van der Waals surface area contributed by atoms with Crippen molar-refractivity contribution in [1.29, 1.82) is 0 Å². The first-order valence-electron chi connectivity index (χ1n) is 11.6. The second-order valence-corrected chi connectivity index (χ2v) is 9.13. The first kappa shape index (κ1) is 25.2. The SMILES string of the molecule is COC(=O)[C@@H](C)Oc1c(Br)cc(C=Nn2c(-c3cc4ccccc4o3)nc3ccccc3c2=O)cc1OC. The van der Waals surface area contributed by atoms with Crippen molar-refractivity contribution < 1.29 is 23.4 Å². The van der Waals surface area contributed by atoms with Crippen LogP contribution in [0.5, 0.6) is 11.5 Å². The molecule has 0 saturated carbocycles. The van der Waals surface area contributed by atoms with Gasteiger partial charge in [0.1, 0.15) is 5.58 Å². The minimum absolute atomic E-state index is 0.263. The zero-order chi connectivity index (χ0) is 26.8. The molecule has 0 spiro atoms. The predicted octanol–water partition coefficient (Wildman–Crippen LogP) is 5.40. The van der Waals surface area contributed by atoms with E-state index in [1.807, 2.05) is 36.4 Å². The number of esters is 1. The van der Waals surface area contributed by atoms with Crippen molar-refractivity contribution in [2.45, 2.75) is 13.0 Å². The Balaban J connectivity index is 1.60. The van der Waals surface area contributed by atoms with Crippen LogP contribution in [0.2, 0.25) is 0 Å². The van der Waals surface area contributed by atoms with Crippen molar-refractivity contribution in [1.82, 2.24) is 9.66 Å². The molecule has 0 aliphatic heterocycles. The van der Waals surface area contributed by atoms with Crippen LogP contribution in [0.3, 0.4) is 0 Å². The molecule has 0 N–H and O–H groups in total. The van der Waals surface area contributed by atoms with Gasteiger partial charge in [0.05, 0.1) is 35.8 Å². The molecule has 0 radical (unpaired) electrons. The van der Waals surface area contributed by atoms with E-state index in [0.29, 0.717) is 43.8 Å². The third kappa shape index (κ3) is 4.78. The molecule has 5 rings (SSSR count). The van der Waals surface area contributed by atoms with Crippen molar-refractivity contribution in [2.75, 3.05) is 14.2 Å². The fraction of sp³-hybridized carbons (Fsp3) is 0.143. The molecule has 0 unspecified atom stereocenters. The summed E-state index contributed by atoms with van der Waals surface area (Å²) in [7, 11) is 2.77. The van der Waals surface area contributed by atoms with E-state index in [1.54, 1.807) is 37.3 Å². The number of nitrogens with zero attached hydrogens (tertiary/aromatic N) is 3. The Morgan fingerprint density at radius 2 is 1.87 bits per heavy atom. The van der Waals surface area contributed by atoms with E-state index in [9.17, 15) is 9.59 Å². The Labute approximate surface area is 225 Å². The number of furan rings is 1. The number of fused-ring (bicyclic) bond motifs is 2. The monoisotopic (exact) mass is 575 g/mol. The zero-order valence-corrected chi connectivity index (χ0v) is 22.3. The van der Waals surface area contributed by atoms with Gasteiger partial charge in [0.15, 0.2) is 23.4 Å². The van der Waals surface area contributed by atoms with Gasteiger partial charge in [-0.15, -0.1) is 0 Å². The van der Waals surface area contributed by atoms with Crippen LogP contribution in [0.1, 0.15) is 12.5 Å². The lowest BCUT2D eigenvalue weighted by Crippen LogP contribution is -2.25. The van der Waals surface area contributed by atoms with Gasteiger partial charge in [-0.25, -0.2) is 9.78 Å². The maximum Gasteiger partial charge on any atom is 0.346 e. The highest BCUT2D eigenvalue weighted by Gasteiger charge is 2.20. The average Bonchev–Trinajstić information content (AvgIpc) is 3.37. The van der Waals surface area contributed by atoms with Crippen LogP contribution in [0.4, 0.5) is 0 Å². The fourth-order valence-corrected chi connectivity index (χ4v) is 4.48. The molecular weight excluding hydrogens is 554 g/mol. The summed E-state index contributed by atoms with van der Waals surface area (Å²) in [5.41, 5.74) is 1.46. The largest absolute Gasteiger partial charge is 0.493 e. The molecule has 2 aromatic heterocycles. The van der Waals surface area contributed by atoms with Gasteiger partial charge in [0.25, 0.3) is 5.56 Å². The summed E-state index contributed by atoms with van der Waals surface area (Å²) in [6, 6.07) is 19.8. The molecule has 3 aromatic carbocycles. The number of carbonyl (C=O) groups excluding carboxylic acids is 1. The predicted molar refractivity (Wildman–Crippen MR) is 147 cm³/mol. The molecule has 0 amide bonds. The van der Waals surface area contributed by atoms with Gasteiger partial charge in [-0.3, -0.25) is 4.79 Å². The molecule has 9 nitrogen and oxygen atoms in total. The van der Waals surface area contributed by atoms with E-state index in [2.05, 4.69) is 21.0 Å². The van der Waals surface area contributed by atoms with Crippen LogP contribution in [0, 0.1) is 0 Å². The highest BCUT2D eigenvalue weighted by molar-refractivity contribution is 9.10. The van der Waals surface area contributed by atoms with Gasteiger partial charge in [-0.1, -0.05) is 30.3 Å². The molecule has 0 saturated heterocycles. The second kappa shape index (κ2) is 10.5. The van der Waals surface area contributed by atoms with Crippen LogP contribution >= 0.6 is 15.9 Å². The summed E-state index contributed by atoms with van der Waals surface area (Å²) in [5.74, 6) is 0.837. The first-order chi connectivity index (χ1) is 18.4. The number of ether oxygens (including phenoxy) is 3. The van der Waals surface area contributed by atoms with Gasteiger partial charge in [0.2, 0.25) is 5.82 Å². The number of hydrogen-bond donors (Lipinski definition) is 0. The van der Waals surface area contributed by atoms with Crippen molar-refractivity contribution >= 4 is 50.0 Å². The minimum atomic E-state index is -0.849. The third-order valence-corrected chi connectivity index (χ3v) is 6.39. The molecule has 10 heteroatoms. The molecular formula is C28H22BrN3O6. The minimum Gasteiger partial charge on any atom is -0.493 e. The maximum atomic E-state index is 13.5. The molecule has 0 bridgehead atoms. The molecule has 192 valence electrons. The van der Waals surface area contributed by atoms with Crippen LogP contribution < -0.4 is 15.0 Å². The third-order valence-electron chi connectivity index (χ3n) is 5.80. The summed E-state index contributed by atoms with van der Waals surface area (Å²) in [6.07, 6.45) is 0.656. The fourth-order valence-electron chi connectivity index (χ4n) is 3.93. The molecule has 0 fully saturated rings. The molecule has 1 atom stereocenters. The smallest absolute Gasteiger partial charge is 0.346 e. The van der Waals surface area contributed by atoms with Crippen LogP contribution in [-0.4, -0.2) is 42.2 Å². The Morgan fingerprint density at radius 1 is 1.11 bits per heavy atom. The summed E-state index contributed by atoms with van der Waals surface area (Å²) in [6.45, 7) is 1.58. The Hall–Kier alpha value is -4.44. The highest BCUT2D eigenvalue weighted by Crippen LogP contribution is 2.37. The Bertz CT molecular complexity index is 1720. The van der Waals surface area contributed by atoms with Gasteiger partial charge in [0, 0.05) is 5.39 Å². The number of hydrogen-bond acceptors (Lipinski definition) is 8. The van der Waals surface area contributed by atoms with Crippen LogP contribution in [-0.2, 0) is 9.53 Å². The summed E-state index contributed by atoms with van der Waals surface area (Å²) in [5, 5.41) is 5.79. The average molecular weight is 576 g/mol. The number of carbonyl (C=O) groups is 1. The lowest BCUT2D eigenvalue weighted by atomic mass is 10.2. The first-order valence-corrected chi connectivity index (χ1v) is 12.4. The van der Waals surface area contributed by atoms with E-state index in [0.717, 1.165) is 5.39 Å². The summed E-state index contributed by atoms with van der Waals surface area (Å²) >= 11 is 3.47. The topological polar surface area (TPSA) is 105 Å². The lowest BCUT2D eigenvalue weighted by Gasteiger charge is -2.17. The van der Waals surface area contributed by atoms with Crippen molar-refractivity contribution in [3.05, 3.63) is 87.1 Å². The number of methoxy groups -OCH3 is 2. The van der Waals surface area contributed by atoms with Gasteiger partial charge < -0.3 is 18.6 Å². The number of aromatic nitrogens is 2. The van der Waals surface area contributed by atoms with E-state index in [-0.39, 0.29) is 11.4 Å². The van der Waals surface area contributed by atoms with E-state index in [1.165, 1.54) is 25.1 Å². The maximum absolute atomic E-state index is 13.5. The summed E-state index contributed by atoms with van der Waals surface area (Å²) < 4.78 is 23.7. The van der Waals surface area contributed by atoms with Gasteiger partial charge in [-0.2, -0.15) is 9.78 Å². The molecule has 0 aliphatic rings. The van der Waals surface area contributed by atoms with E-state index >= 15 is 0 Å². The van der Waals surface area contributed by atoms with E-state index in [4.69, 9.17) is 23.6 Å². The number of benzene rings is 3. The summed E-state index contributed by atoms with van der Waals surface area (Å²) in [4.78, 5) is 30.0. The molecule has 38 heavy (non-hydrogen) atoms. The van der Waals surface area contributed by atoms with Gasteiger partial charge >= 0.3 is 5.97 Å². The Kier molecular flexibility index (Phi) is 6.97. The van der Waals surface area contributed by atoms with Crippen LogP contribution in [0.15, 0.2) is 85.5 Å². The number of rotatable bonds is 7. The van der Waals surface area contributed by atoms with Crippen LogP contribution in [0.25, 0.3) is 33.5 Å².